The van der Waals surface area contributed by atoms with Crippen LogP contribution in [0.4, 0.5) is 11.8 Å². The molecule has 7 rings (SSSR count). The topological polar surface area (TPSA) is 141 Å². The van der Waals surface area contributed by atoms with Gasteiger partial charge in [0.05, 0.1) is 26.8 Å². The SMILES string of the molecule is CCN(c1nc(OC[C@]23CC[C@H](CN(C)C2)N3)nc(-c2sc3c(c2C#N)C2(CNC2)SC3)n1)[C@H](C)c1cccnc1N. The maximum absolute atomic E-state index is 10.4. The zero-order valence-electron chi connectivity index (χ0n) is 24.2. The van der Waals surface area contributed by atoms with Gasteiger partial charge >= 0.3 is 6.01 Å². The van der Waals surface area contributed by atoms with E-state index in [1.54, 1.807) is 17.5 Å². The number of thioether (sulfide) groups is 1. The van der Waals surface area contributed by atoms with Gasteiger partial charge in [0.25, 0.3) is 0 Å². The van der Waals surface area contributed by atoms with E-state index in [4.69, 9.17) is 25.4 Å². The number of ether oxygens (including phenoxy) is 1. The van der Waals surface area contributed by atoms with Gasteiger partial charge in [0.2, 0.25) is 5.95 Å². The van der Waals surface area contributed by atoms with Crippen LogP contribution in [0.3, 0.4) is 0 Å². The summed E-state index contributed by atoms with van der Waals surface area (Å²) in [6.45, 7) is 8.96. The number of piperazine rings is 1. The Kier molecular flexibility index (Phi) is 7.02. The second-order valence-electron chi connectivity index (χ2n) is 11.9. The van der Waals surface area contributed by atoms with E-state index in [-0.39, 0.29) is 22.3 Å². The fourth-order valence-corrected chi connectivity index (χ4v) is 9.91. The molecule has 3 fully saturated rings. The van der Waals surface area contributed by atoms with Gasteiger partial charge in [-0.25, -0.2) is 4.98 Å². The van der Waals surface area contributed by atoms with Crippen LogP contribution in [0.15, 0.2) is 18.3 Å². The number of hydrogen-bond donors (Lipinski definition) is 3. The molecule has 0 radical (unpaired) electrons. The lowest BCUT2D eigenvalue weighted by Crippen LogP contribution is -2.61. The van der Waals surface area contributed by atoms with Crippen molar-refractivity contribution in [1.29, 1.82) is 5.26 Å². The van der Waals surface area contributed by atoms with Crippen LogP contribution < -0.4 is 26.0 Å². The molecule has 3 aromatic heterocycles. The van der Waals surface area contributed by atoms with Crippen LogP contribution in [-0.2, 0) is 10.5 Å². The highest BCUT2D eigenvalue weighted by Gasteiger charge is 2.49. The molecular formula is C29H36N10OS2. The Labute approximate surface area is 254 Å². The number of fused-ring (bicyclic) bond motifs is 4. The molecule has 3 aromatic rings. The minimum Gasteiger partial charge on any atom is -0.461 e. The van der Waals surface area contributed by atoms with Crippen molar-refractivity contribution in [2.45, 2.75) is 54.8 Å². The second kappa shape index (κ2) is 10.6. The fraction of sp³-hybridized carbons (Fsp3) is 0.552. The molecule has 11 nitrogen and oxygen atoms in total. The fourth-order valence-electron chi connectivity index (χ4n) is 7.02. The number of nitrogens with zero attached hydrogens (tertiary/aromatic N) is 7. The summed E-state index contributed by atoms with van der Waals surface area (Å²) in [6.07, 6.45) is 3.88. The van der Waals surface area contributed by atoms with E-state index in [1.165, 1.54) is 4.88 Å². The molecule has 0 unspecified atom stereocenters. The number of aromatic nitrogens is 4. The number of nitriles is 1. The van der Waals surface area contributed by atoms with Crippen LogP contribution in [0.2, 0.25) is 0 Å². The van der Waals surface area contributed by atoms with E-state index >= 15 is 0 Å². The summed E-state index contributed by atoms with van der Waals surface area (Å²) in [4.78, 5) is 25.5. The van der Waals surface area contributed by atoms with Crippen molar-refractivity contribution >= 4 is 34.9 Å². The Morgan fingerprint density at radius 3 is 2.93 bits per heavy atom. The van der Waals surface area contributed by atoms with Crippen molar-refractivity contribution in [2.75, 3.05) is 57.0 Å². The van der Waals surface area contributed by atoms with Gasteiger partial charge in [-0.05, 0) is 39.8 Å². The zero-order valence-corrected chi connectivity index (χ0v) is 25.8. The number of nitrogen functional groups attached to an aromatic ring is 1. The lowest BCUT2D eigenvalue weighted by molar-refractivity contribution is 0.107. The molecule has 0 aromatic carbocycles. The first kappa shape index (κ1) is 27.8. The number of pyridine rings is 1. The van der Waals surface area contributed by atoms with E-state index in [0.29, 0.717) is 42.3 Å². The summed E-state index contributed by atoms with van der Waals surface area (Å²) >= 11 is 3.56. The molecule has 0 amide bonds. The summed E-state index contributed by atoms with van der Waals surface area (Å²) in [5, 5.41) is 17.6. The summed E-state index contributed by atoms with van der Waals surface area (Å²) in [5.74, 6) is 2.36. The third kappa shape index (κ3) is 4.60. The second-order valence-corrected chi connectivity index (χ2v) is 14.4. The standard InChI is InChI=1S/C29H36N10OS2/c1-4-39(17(2)19-6-5-9-33-24(19)31)26-34-25(23-20(10-30)22-21(42-23)12-41-29(22)13-32-14-29)35-27(36-26)40-16-28-8-7-18(37-28)11-38(3)15-28/h5-6,9,17-18,32,37H,4,7-8,11-16H2,1-3H3,(H2,31,33)/t17-,18-,28+/m1/s1. The third-order valence-corrected chi connectivity index (χ3v) is 12.0. The van der Waals surface area contributed by atoms with Crippen LogP contribution in [0, 0.1) is 11.3 Å². The molecule has 4 aliphatic heterocycles. The van der Waals surface area contributed by atoms with Crippen molar-refractivity contribution in [3.8, 4) is 22.8 Å². The van der Waals surface area contributed by atoms with E-state index < -0.39 is 0 Å². The largest absolute Gasteiger partial charge is 0.461 e. The van der Waals surface area contributed by atoms with Gasteiger partial charge in [0.15, 0.2) is 5.82 Å². The quantitative estimate of drug-likeness (QED) is 0.348. The smallest absolute Gasteiger partial charge is 0.321 e. The molecule has 1 spiro atoms. The van der Waals surface area contributed by atoms with E-state index in [1.807, 2.05) is 23.9 Å². The Hall–Kier alpha value is -3.02. The molecule has 4 N–H and O–H groups in total. The first-order valence-corrected chi connectivity index (χ1v) is 16.4. The molecule has 2 bridgehead atoms. The molecule has 0 saturated carbocycles. The van der Waals surface area contributed by atoms with Crippen LogP contribution in [-0.4, -0.2) is 82.8 Å². The number of rotatable bonds is 8. The molecule has 3 atom stereocenters. The highest BCUT2D eigenvalue weighted by Crippen LogP contribution is 2.55. The summed E-state index contributed by atoms with van der Waals surface area (Å²) < 4.78 is 6.41. The average molecular weight is 605 g/mol. The van der Waals surface area contributed by atoms with Gasteiger partial charge in [-0.1, -0.05) is 6.07 Å². The molecule has 42 heavy (non-hydrogen) atoms. The maximum atomic E-state index is 10.4. The monoisotopic (exact) mass is 604 g/mol. The average Bonchev–Trinajstić information content (AvgIpc) is 3.62. The van der Waals surface area contributed by atoms with E-state index in [2.05, 4.69) is 52.4 Å². The van der Waals surface area contributed by atoms with Gasteiger partial charge in [0, 0.05) is 66.7 Å². The Morgan fingerprint density at radius 2 is 2.19 bits per heavy atom. The molecule has 13 heteroatoms. The number of nitrogens with one attached hydrogen (secondary N) is 2. The van der Waals surface area contributed by atoms with Crippen molar-refractivity contribution in [2.24, 2.45) is 0 Å². The van der Waals surface area contributed by atoms with E-state index in [9.17, 15) is 5.26 Å². The molecule has 4 aliphatic rings. The molecule has 0 aliphatic carbocycles. The first-order chi connectivity index (χ1) is 20.3. The lowest BCUT2D eigenvalue weighted by atomic mass is 9.89. The molecular weight excluding hydrogens is 569 g/mol. The van der Waals surface area contributed by atoms with Gasteiger partial charge in [-0.3, -0.25) is 0 Å². The van der Waals surface area contributed by atoms with Gasteiger partial charge in [-0.2, -0.15) is 20.2 Å². The minimum atomic E-state index is -0.140. The Balaban J connectivity index is 1.29. The Morgan fingerprint density at radius 1 is 1.33 bits per heavy atom. The molecule has 3 saturated heterocycles. The summed E-state index contributed by atoms with van der Waals surface area (Å²) in [6, 6.07) is 7.01. The Bertz CT molecular complexity index is 1550. The maximum Gasteiger partial charge on any atom is 0.321 e. The number of hydrogen-bond acceptors (Lipinski definition) is 13. The summed E-state index contributed by atoms with van der Waals surface area (Å²) in [7, 11) is 2.17. The van der Waals surface area contributed by atoms with Crippen LogP contribution in [0.25, 0.3) is 10.7 Å². The predicted octanol–water partition coefficient (Wildman–Crippen LogP) is 2.90. The predicted molar refractivity (Wildman–Crippen MR) is 166 cm³/mol. The van der Waals surface area contributed by atoms with Gasteiger partial charge < -0.3 is 30.9 Å². The zero-order chi connectivity index (χ0) is 29.1. The molecule has 220 valence electrons. The first-order valence-electron chi connectivity index (χ1n) is 14.6. The third-order valence-electron chi connectivity index (χ3n) is 9.11. The van der Waals surface area contributed by atoms with Crippen molar-refractivity contribution < 1.29 is 4.74 Å². The van der Waals surface area contributed by atoms with Crippen molar-refractivity contribution in [1.82, 2.24) is 35.5 Å². The van der Waals surface area contributed by atoms with Crippen LogP contribution >= 0.6 is 23.1 Å². The van der Waals surface area contributed by atoms with Gasteiger partial charge in [0.1, 0.15) is 18.5 Å². The number of thiophene rings is 1. The normalized spacial score (nSPS) is 24.7. The lowest BCUT2D eigenvalue weighted by Gasteiger charge is -2.39. The van der Waals surface area contributed by atoms with E-state index in [0.717, 1.165) is 60.8 Å². The number of anilines is 2. The van der Waals surface area contributed by atoms with Crippen LogP contribution in [0.1, 0.15) is 54.3 Å². The van der Waals surface area contributed by atoms with Gasteiger partial charge in [-0.15, -0.1) is 23.1 Å². The van der Waals surface area contributed by atoms with Crippen molar-refractivity contribution in [3.63, 3.8) is 0 Å². The minimum absolute atomic E-state index is 0.0248. The highest BCUT2D eigenvalue weighted by atomic mass is 32.2. The van der Waals surface area contributed by atoms with Crippen molar-refractivity contribution in [3.05, 3.63) is 39.9 Å². The summed E-state index contributed by atoms with van der Waals surface area (Å²) in [5.41, 5.74) is 8.89. The van der Waals surface area contributed by atoms with Crippen LogP contribution in [0.5, 0.6) is 6.01 Å². The highest BCUT2D eigenvalue weighted by molar-refractivity contribution is 8.00. The molecule has 7 heterocycles. The number of likely N-dealkylation sites (tertiary alicyclic amines) is 1. The number of nitrogens with two attached hydrogens (primary N) is 1. The number of likely N-dealkylation sites (N-methyl/N-ethyl adjacent to an activating group) is 1.